The Morgan fingerprint density at radius 1 is 0.375 bits per heavy atom. The van der Waals surface area contributed by atoms with Crippen LogP contribution >= 0.6 is 0 Å². The Morgan fingerprint density at radius 3 is 0.917 bits per heavy atom. The Kier molecular flexibility index (Phi) is 4.32. The summed E-state index contributed by atoms with van der Waals surface area (Å²) in [4.78, 5) is 0. The monoisotopic (exact) mass is 314 g/mol. The summed E-state index contributed by atoms with van der Waals surface area (Å²) >= 11 is 0. The lowest BCUT2D eigenvalue weighted by Gasteiger charge is -2.29. The van der Waals surface area contributed by atoms with Gasteiger partial charge in [-0.25, -0.2) is 0 Å². The molecule has 3 aromatic rings. The van der Waals surface area contributed by atoms with Crippen LogP contribution in [0.5, 0.6) is 0 Å². The van der Waals surface area contributed by atoms with E-state index in [-0.39, 0.29) is 10.8 Å². The van der Waals surface area contributed by atoms with Gasteiger partial charge in [0.25, 0.3) is 0 Å². The molecule has 0 heteroatoms. The van der Waals surface area contributed by atoms with E-state index in [9.17, 15) is 0 Å². The molecule has 0 bridgehead atoms. The first kappa shape index (κ1) is 16.5. The topological polar surface area (TPSA) is 0 Å². The second-order valence-electron chi connectivity index (χ2n) is 7.56. The van der Waals surface area contributed by atoms with E-state index >= 15 is 0 Å². The molecule has 0 atom stereocenters. The van der Waals surface area contributed by atoms with Crippen LogP contribution in [0.2, 0.25) is 0 Å². The highest BCUT2D eigenvalue weighted by atomic mass is 14.3. The van der Waals surface area contributed by atoms with Gasteiger partial charge >= 0.3 is 0 Å². The Balaban J connectivity index is 1.94. The summed E-state index contributed by atoms with van der Waals surface area (Å²) in [6.45, 7) is 9.17. The number of hydrogen-bond acceptors (Lipinski definition) is 0. The average molecular weight is 314 g/mol. The summed E-state index contributed by atoms with van der Waals surface area (Å²) in [6.07, 6.45) is 0. The maximum atomic E-state index is 2.29. The Morgan fingerprint density at radius 2 is 0.625 bits per heavy atom. The third kappa shape index (κ3) is 3.01. The van der Waals surface area contributed by atoms with Crippen LogP contribution in [0, 0.1) is 0 Å². The van der Waals surface area contributed by atoms with Crippen molar-refractivity contribution in [3.8, 4) is 0 Å². The van der Waals surface area contributed by atoms with Gasteiger partial charge in [0, 0.05) is 10.8 Å². The second kappa shape index (κ2) is 6.28. The van der Waals surface area contributed by atoms with Gasteiger partial charge in [-0.05, 0) is 22.3 Å². The molecule has 122 valence electrons. The summed E-state index contributed by atoms with van der Waals surface area (Å²) < 4.78 is 0. The molecule has 24 heavy (non-hydrogen) atoms. The Hall–Kier alpha value is -2.34. The van der Waals surface area contributed by atoms with Crippen molar-refractivity contribution in [2.45, 2.75) is 38.5 Å². The predicted molar refractivity (Wildman–Crippen MR) is 104 cm³/mol. The molecule has 0 fully saturated rings. The molecule has 0 nitrogen and oxygen atoms in total. The van der Waals surface area contributed by atoms with E-state index in [1.165, 1.54) is 22.3 Å². The molecule has 0 unspecified atom stereocenters. The highest BCUT2D eigenvalue weighted by molar-refractivity contribution is 5.43. The maximum Gasteiger partial charge on any atom is 0.0146 e. The number of hydrogen-bond donors (Lipinski definition) is 0. The minimum absolute atomic E-state index is 0.0106. The normalized spacial score (nSPS) is 12.2. The van der Waals surface area contributed by atoms with Crippen molar-refractivity contribution in [1.82, 2.24) is 0 Å². The maximum absolute atomic E-state index is 2.29. The zero-order valence-electron chi connectivity index (χ0n) is 15.1. The highest BCUT2D eigenvalue weighted by Crippen LogP contribution is 2.35. The molecular formula is C24H26. The Labute approximate surface area is 146 Å². The van der Waals surface area contributed by atoms with Crippen molar-refractivity contribution in [3.63, 3.8) is 0 Å². The average Bonchev–Trinajstić information content (AvgIpc) is 2.63. The summed E-state index contributed by atoms with van der Waals surface area (Å²) in [5, 5.41) is 0. The predicted octanol–water partition coefficient (Wildman–Crippen LogP) is 6.34. The first-order chi connectivity index (χ1) is 11.4. The largest absolute Gasteiger partial charge is 0.0622 e. The minimum atomic E-state index is 0.0106. The standard InChI is InChI=1S/C24H26/c1-23(2,19-11-7-5-8-12-19)21-15-17-22(18-16-21)24(3,4)20-13-9-6-10-14-20/h5-18H,1-4H3. The SMILES string of the molecule is CC(C)(c1ccccc1)c1ccc(C(C)(C)c2ccccc2)cc1. The quantitative estimate of drug-likeness (QED) is 0.527. The first-order valence-electron chi connectivity index (χ1n) is 8.64. The number of rotatable bonds is 4. The van der Waals surface area contributed by atoms with E-state index in [0.29, 0.717) is 0 Å². The van der Waals surface area contributed by atoms with E-state index < -0.39 is 0 Å². The van der Waals surface area contributed by atoms with E-state index in [2.05, 4.69) is 113 Å². The molecule has 0 saturated heterocycles. The summed E-state index contributed by atoms with van der Waals surface area (Å²) in [5.41, 5.74) is 5.41. The highest BCUT2D eigenvalue weighted by Gasteiger charge is 2.26. The van der Waals surface area contributed by atoms with E-state index in [1.807, 2.05) is 0 Å². The molecule has 0 radical (unpaired) electrons. The van der Waals surface area contributed by atoms with Gasteiger partial charge in [-0.2, -0.15) is 0 Å². The zero-order valence-corrected chi connectivity index (χ0v) is 15.1. The van der Waals surface area contributed by atoms with Crippen molar-refractivity contribution >= 4 is 0 Å². The molecule has 0 aliphatic carbocycles. The Bertz CT molecular complexity index is 708. The lowest BCUT2D eigenvalue weighted by Crippen LogP contribution is -2.21. The van der Waals surface area contributed by atoms with Crippen LogP contribution < -0.4 is 0 Å². The van der Waals surface area contributed by atoms with Gasteiger partial charge in [0.1, 0.15) is 0 Å². The summed E-state index contributed by atoms with van der Waals surface area (Å²) in [5.74, 6) is 0. The molecule has 0 N–H and O–H groups in total. The fraction of sp³-hybridized carbons (Fsp3) is 0.250. The van der Waals surface area contributed by atoms with Gasteiger partial charge in [0.2, 0.25) is 0 Å². The van der Waals surface area contributed by atoms with Crippen LogP contribution in [0.1, 0.15) is 49.9 Å². The molecule has 0 saturated carbocycles. The van der Waals surface area contributed by atoms with Gasteiger partial charge < -0.3 is 0 Å². The first-order valence-corrected chi connectivity index (χ1v) is 8.64. The fourth-order valence-electron chi connectivity index (χ4n) is 3.35. The molecule has 0 heterocycles. The van der Waals surface area contributed by atoms with Gasteiger partial charge in [-0.3, -0.25) is 0 Å². The van der Waals surface area contributed by atoms with Gasteiger partial charge in [-0.15, -0.1) is 0 Å². The third-order valence-electron chi connectivity index (χ3n) is 5.32. The van der Waals surface area contributed by atoms with Crippen LogP contribution in [-0.4, -0.2) is 0 Å². The van der Waals surface area contributed by atoms with Crippen LogP contribution in [0.15, 0.2) is 84.9 Å². The molecule has 0 aliphatic heterocycles. The fourth-order valence-corrected chi connectivity index (χ4v) is 3.35. The van der Waals surface area contributed by atoms with Gasteiger partial charge in [-0.1, -0.05) is 113 Å². The molecule has 0 spiro atoms. The van der Waals surface area contributed by atoms with Crippen LogP contribution in [-0.2, 0) is 10.8 Å². The summed E-state index contributed by atoms with van der Waals surface area (Å²) in [7, 11) is 0. The minimum Gasteiger partial charge on any atom is -0.0622 e. The van der Waals surface area contributed by atoms with E-state index in [0.717, 1.165) is 0 Å². The lowest BCUT2D eigenvalue weighted by atomic mass is 9.75. The third-order valence-corrected chi connectivity index (χ3v) is 5.32. The molecule has 0 aliphatic rings. The molecular weight excluding hydrogens is 288 g/mol. The zero-order chi connectivity index (χ0) is 17.2. The van der Waals surface area contributed by atoms with Crippen molar-refractivity contribution in [2.75, 3.05) is 0 Å². The van der Waals surface area contributed by atoms with Crippen LogP contribution in [0.4, 0.5) is 0 Å². The van der Waals surface area contributed by atoms with Gasteiger partial charge in [0.15, 0.2) is 0 Å². The second-order valence-corrected chi connectivity index (χ2v) is 7.56. The van der Waals surface area contributed by atoms with Crippen LogP contribution in [0.25, 0.3) is 0 Å². The van der Waals surface area contributed by atoms with Crippen molar-refractivity contribution in [2.24, 2.45) is 0 Å². The molecule has 0 aromatic heterocycles. The molecule has 3 rings (SSSR count). The van der Waals surface area contributed by atoms with Crippen LogP contribution in [0.3, 0.4) is 0 Å². The van der Waals surface area contributed by atoms with E-state index in [4.69, 9.17) is 0 Å². The molecule has 3 aromatic carbocycles. The van der Waals surface area contributed by atoms with Crippen molar-refractivity contribution in [3.05, 3.63) is 107 Å². The van der Waals surface area contributed by atoms with Crippen molar-refractivity contribution in [1.29, 1.82) is 0 Å². The van der Waals surface area contributed by atoms with Crippen molar-refractivity contribution < 1.29 is 0 Å². The molecule has 0 amide bonds. The van der Waals surface area contributed by atoms with Gasteiger partial charge in [0.05, 0.1) is 0 Å². The smallest absolute Gasteiger partial charge is 0.0146 e. The lowest BCUT2D eigenvalue weighted by molar-refractivity contribution is 0.626. The van der Waals surface area contributed by atoms with E-state index in [1.54, 1.807) is 0 Å². The summed E-state index contributed by atoms with van der Waals surface area (Å²) in [6, 6.07) is 30.6. The number of benzene rings is 3.